The second-order valence-electron chi connectivity index (χ2n) is 6.43. The first-order chi connectivity index (χ1) is 12.5. The number of Topliss-reactive ketones (excluding diaryl/α,β-unsaturated/α-hetero) is 1. The van der Waals surface area contributed by atoms with Crippen molar-refractivity contribution in [2.45, 2.75) is 32.7 Å². The summed E-state index contributed by atoms with van der Waals surface area (Å²) in [4.78, 5) is 27.2. The van der Waals surface area contributed by atoms with Gasteiger partial charge in [-0.15, -0.1) is 0 Å². The highest BCUT2D eigenvalue weighted by atomic mass is 19.1. The SMILES string of the molecule is Cc1cc2cc(CNC(=O)CCCC(=O)c3ccc(F)cc3)ccc2[nH]1. The number of ketones is 1. The molecule has 0 spiro atoms. The van der Waals surface area contributed by atoms with Gasteiger partial charge in [-0.2, -0.15) is 0 Å². The molecule has 2 aromatic carbocycles. The van der Waals surface area contributed by atoms with Crippen LogP contribution in [0, 0.1) is 12.7 Å². The van der Waals surface area contributed by atoms with Crippen LogP contribution >= 0.6 is 0 Å². The molecule has 4 nitrogen and oxygen atoms in total. The van der Waals surface area contributed by atoms with Crippen LogP contribution in [0.4, 0.5) is 4.39 Å². The Bertz CT molecular complexity index is 929. The highest BCUT2D eigenvalue weighted by molar-refractivity contribution is 5.96. The lowest BCUT2D eigenvalue weighted by molar-refractivity contribution is -0.121. The molecule has 2 N–H and O–H groups in total. The third-order valence-electron chi connectivity index (χ3n) is 4.28. The van der Waals surface area contributed by atoms with Crippen molar-refractivity contribution >= 4 is 22.6 Å². The molecule has 1 amide bonds. The second-order valence-corrected chi connectivity index (χ2v) is 6.43. The molecule has 1 aromatic heterocycles. The Morgan fingerprint density at radius 3 is 2.58 bits per heavy atom. The molecule has 0 aliphatic rings. The van der Waals surface area contributed by atoms with Gasteiger partial charge in [0, 0.05) is 36.2 Å². The summed E-state index contributed by atoms with van der Waals surface area (Å²) < 4.78 is 12.9. The predicted molar refractivity (Wildman–Crippen MR) is 99.5 cm³/mol. The molecule has 0 fully saturated rings. The fourth-order valence-electron chi connectivity index (χ4n) is 2.92. The van der Waals surface area contributed by atoms with Crippen molar-refractivity contribution in [3.63, 3.8) is 0 Å². The summed E-state index contributed by atoms with van der Waals surface area (Å²) in [6, 6.07) is 13.6. The number of amides is 1. The molecule has 0 saturated carbocycles. The summed E-state index contributed by atoms with van der Waals surface area (Å²) in [5, 5.41) is 4.01. The van der Waals surface area contributed by atoms with Crippen molar-refractivity contribution in [3.05, 3.63) is 71.2 Å². The minimum atomic E-state index is -0.367. The van der Waals surface area contributed by atoms with Crippen LogP contribution in [0.25, 0.3) is 10.9 Å². The number of carbonyl (C=O) groups is 2. The summed E-state index contributed by atoms with van der Waals surface area (Å²) in [6.07, 6.45) is 1.03. The smallest absolute Gasteiger partial charge is 0.220 e. The van der Waals surface area contributed by atoms with Gasteiger partial charge in [-0.1, -0.05) is 6.07 Å². The molecule has 1 heterocycles. The maximum Gasteiger partial charge on any atom is 0.220 e. The first kappa shape index (κ1) is 17.9. The van der Waals surface area contributed by atoms with Crippen molar-refractivity contribution in [3.8, 4) is 0 Å². The number of benzene rings is 2. The molecule has 3 rings (SSSR count). The van der Waals surface area contributed by atoms with Crippen molar-refractivity contribution < 1.29 is 14.0 Å². The highest BCUT2D eigenvalue weighted by Gasteiger charge is 2.08. The fraction of sp³-hybridized carbons (Fsp3) is 0.238. The van der Waals surface area contributed by atoms with Gasteiger partial charge in [0.05, 0.1) is 0 Å². The number of H-pyrrole nitrogens is 1. The number of hydrogen-bond acceptors (Lipinski definition) is 2. The predicted octanol–water partition coefficient (Wildman–Crippen LogP) is 4.28. The number of nitrogens with one attached hydrogen (secondary N) is 2. The summed E-state index contributed by atoms with van der Waals surface area (Å²) >= 11 is 0. The van der Waals surface area contributed by atoms with Crippen LogP contribution in [0.2, 0.25) is 0 Å². The van der Waals surface area contributed by atoms with Crippen LogP contribution < -0.4 is 5.32 Å². The van der Waals surface area contributed by atoms with E-state index in [1.807, 2.05) is 19.1 Å². The van der Waals surface area contributed by atoms with Crippen LogP contribution in [-0.4, -0.2) is 16.7 Å². The maximum absolute atomic E-state index is 12.9. The summed E-state index contributed by atoms with van der Waals surface area (Å²) in [6.45, 7) is 2.47. The van der Waals surface area contributed by atoms with E-state index in [2.05, 4.69) is 22.4 Å². The highest BCUT2D eigenvalue weighted by Crippen LogP contribution is 2.17. The molecule has 0 saturated heterocycles. The average molecular weight is 352 g/mol. The Morgan fingerprint density at radius 2 is 1.81 bits per heavy atom. The van der Waals surface area contributed by atoms with Gasteiger partial charge in [0.15, 0.2) is 5.78 Å². The van der Waals surface area contributed by atoms with Crippen LogP contribution in [0.5, 0.6) is 0 Å². The number of aryl methyl sites for hydroxylation is 1. The van der Waals surface area contributed by atoms with Crippen molar-refractivity contribution in [2.75, 3.05) is 0 Å². The molecule has 0 unspecified atom stereocenters. The van der Waals surface area contributed by atoms with Crippen LogP contribution in [0.1, 0.15) is 40.9 Å². The number of halogens is 1. The zero-order valence-electron chi connectivity index (χ0n) is 14.6. The lowest BCUT2D eigenvalue weighted by atomic mass is 10.1. The molecule has 134 valence electrons. The number of aromatic amines is 1. The first-order valence-electron chi connectivity index (χ1n) is 8.65. The van der Waals surface area contributed by atoms with E-state index < -0.39 is 0 Å². The zero-order chi connectivity index (χ0) is 18.5. The largest absolute Gasteiger partial charge is 0.359 e. The van der Waals surface area contributed by atoms with E-state index in [-0.39, 0.29) is 23.9 Å². The number of rotatable bonds is 7. The molecule has 0 atom stereocenters. The molecule has 0 radical (unpaired) electrons. The number of fused-ring (bicyclic) bond motifs is 1. The van der Waals surface area contributed by atoms with Gasteiger partial charge in [0.1, 0.15) is 5.82 Å². The standard InChI is InChI=1S/C21H21FN2O2/c1-14-11-17-12-15(5-10-19(17)24-14)13-23-21(26)4-2-3-20(25)16-6-8-18(22)9-7-16/h5-12,24H,2-4,13H2,1H3,(H,23,26). The number of hydrogen-bond donors (Lipinski definition) is 2. The van der Waals surface area contributed by atoms with Crippen LogP contribution in [-0.2, 0) is 11.3 Å². The van der Waals surface area contributed by atoms with Crippen molar-refractivity contribution in [1.82, 2.24) is 10.3 Å². The zero-order valence-corrected chi connectivity index (χ0v) is 14.6. The Kier molecular flexibility index (Phi) is 5.46. The quantitative estimate of drug-likeness (QED) is 0.623. The topological polar surface area (TPSA) is 62.0 Å². The van der Waals surface area contributed by atoms with Gasteiger partial charge in [-0.25, -0.2) is 4.39 Å². The minimum Gasteiger partial charge on any atom is -0.359 e. The van der Waals surface area contributed by atoms with E-state index in [4.69, 9.17) is 0 Å². The van der Waals surface area contributed by atoms with E-state index in [0.29, 0.717) is 24.9 Å². The molecule has 0 bridgehead atoms. The molecule has 26 heavy (non-hydrogen) atoms. The van der Waals surface area contributed by atoms with Gasteiger partial charge < -0.3 is 10.3 Å². The number of carbonyl (C=O) groups excluding carboxylic acids is 2. The Labute approximate surface area is 151 Å². The fourth-order valence-corrected chi connectivity index (χ4v) is 2.92. The third-order valence-corrected chi connectivity index (χ3v) is 4.28. The van der Waals surface area contributed by atoms with Crippen LogP contribution in [0.15, 0.2) is 48.5 Å². The van der Waals surface area contributed by atoms with Gasteiger partial charge in [0.2, 0.25) is 5.91 Å². The summed E-state index contributed by atoms with van der Waals surface area (Å²) in [5.74, 6) is -0.526. The Morgan fingerprint density at radius 1 is 1.04 bits per heavy atom. The molecule has 0 aliphatic carbocycles. The maximum atomic E-state index is 12.9. The first-order valence-corrected chi connectivity index (χ1v) is 8.65. The Hall–Kier alpha value is -2.95. The van der Waals surface area contributed by atoms with E-state index in [0.717, 1.165) is 22.2 Å². The Balaban J connectivity index is 1.43. The van der Waals surface area contributed by atoms with Gasteiger partial charge in [-0.3, -0.25) is 9.59 Å². The molecular weight excluding hydrogens is 331 g/mol. The van der Waals surface area contributed by atoms with E-state index in [9.17, 15) is 14.0 Å². The monoisotopic (exact) mass is 352 g/mol. The normalized spacial score (nSPS) is 10.8. The molecule has 5 heteroatoms. The van der Waals surface area contributed by atoms with E-state index in [1.54, 1.807) is 0 Å². The lowest BCUT2D eigenvalue weighted by Gasteiger charge is -2.06. The van der Waals surface area contributed by atoms with E-state index in [1.165, 1.54) is 24.3 Å². The second kappa shape index (κ2) is 7.95. The minimum absolute atomic E-state index is 0.0777. The molecule has 3 aromatic rings. The molecule has 0 aliphatic heterocycles. The van der Waals surface area contributed by atoms with E-state index >= 15 is 0 Å². The molecular formula is C21H21FN2O2. The average Bonchev–Trinajstić information content (AvgIpc) is 2.99. The third kappa shape index (κ3) is 4.57. The van der Waals surface area contributed by atoms with Gasteiger partial charge >= 0.3 is 0 Å². The van der Waals surface area contributed by atoms with Crippen LogP contribution in [0.3, 0.4) is 0 Å². The van der Waals surface area contributed by atoms with Gasteiger partial charge in [-0.05, 0) is 66.8 Å². The van der Waals surface area contributed by atoms with Gasteiger partial charge in [0.25, 0.3) is 0 Å². The van der Waals surface area contributed by atoms with Crippen molar-refractivity contribution in [2.24, 2.45) is 0 Å². The number of aromatic nitrogens is 1. The summed E-state index contributed by atoms with van der Waals surface area (Å²) in [7, 11) is 0. The lowest BCUT2D eigenvalue weighted by Crippen LogP contribution is -2.22. The summed E-state index contributed by atoms with van der Waals surface area (Å²) in [5.41, 5.74) is 3.69. The van der Waals surface area contributed by atoms with Crippen molar-refractivity contribution in [1.29, 1.82) is 0 Å².